The Hall–Kier alpha value is -2.96. The highest BCUT2D eigenvalue weighted by atomic mass is 16.2. The minimum Gasteiger partial charge on any atom is -0.334 e. The van der Waals surface area contributed by atoms with Crippen molar-refractivity contribution in [3.63, 3.8) is 0 Å². The number of nitrogens with zero attached hydrogens (tertiary/aromatic N) is 5. The number of nitrogens with one attached hydrogen (secondary N) is 1. The molecule has 0 fully saturated rings. The van der Waals surface area contributed by atoms with Gasteiger partial charge in [0, 0.05) is 31.8 Å². The predicted molar refractivity (Wildman–Crippen MR) is 89.6 cm³/mol. The first-order valence-electron chi connectivity index (χ1n) is 8.04. The van der Waals surface area contributed by atoms with Crippen LogP contribution in [0, 0.1) is 0 Å². The molecule has 4 rings (SSSR count). The molecule has 24 heavy (non-hydrogen) atoms. The molecule has 1 aromatic carbocycles. The van der Waals surface area contributed by atoms with Gasteiger partial charge in [-0.1, -0.05) is 30.3 Å². The van der Waals surface area contributed by atoms with Crippen LogP contribution in [0.4, 0.5) is 5.95 Å². The maximum Gasteiger partial charge on any atom is 0.278 e. The monoisotopic (exact) mass is 322 g/mol. The summed E-state index contributed by atoms with van der Waals surface area (Å²) in [7, 11) is 1.76. The van der Waals surface area contributed by atoms with E-state index >= 15 is 0 Å². The van der Waals surface area contributed by atoms with E-state index in [9.17, 15) is 4.79 Å². The highest BCUT2D eigenvalue weighted by Crippen LogP contribution is 2.18. The standard InChI is InChI=1S/C17H18N6O/c1-22-17(19-15(21-22)12-7-3-2-4-8-12)20-16(24)13-11-23-10-6-5-9-14(23)18-13/h2-4,7-8,11H,5-6,9-10H2,1H3,(H,19,20,21,24). The third-order valence-corrected chi connectivity index (χ3v) is 4.16. The van der Waals surface area contributed by atoms with E-state index < -0.39 is 0 Å². The molecule has 7 nitrogen and oxygen atoms in total. The van der Waals surface area contributed by atoms with Crippen LogP contribution in [-0.4, -0.2) is 30.2 Å². The molecule has 1 aliphatic heterocycles. The Balaban J connectivity index is 1.56. The summed E-state index contributed by atoms with van der Waals surface area (Å²) in [5.74, 6) is 1.71. The number of carbonyl (C=O) groups is 1. The van der Waals surface area contributed by atoms with Crippen molar-refractivity contribution in [1.82, 2.24) is 24.3 Å². The van der Waals surface area contributed by atoms with Crippen LogP contribution in [0.1, 0.15) is 29.2 Å². The zero-order valence-corrected chi connectivity index (χ0v) is 13.4. The van der Waals surface area contributed by atoms with Crippen LogP contribution < -0.4 is 5.32 Å². The lowest BCUT2D eigenvalue weighted by Gasteiger charge is -2.11. The van der Waals surface area contributed by atoms with Crippen molar-refractivity contribution in [2.24, 2.45) is 7.05 Å². The molecule has 7 heteroatoms. The van der Waals surface area contributed by atoms with Crippen LogP contribution in [-0.2, 0) is 20.0 Å². The molecule has 0 aliphatic carbocycles. The molecule has 0 bridgehead atoms. The van der Waals surface area contributed by atoms with Crippen LogP contribution in [0.25, 0.3) is 11.4 Å². The fraction of sp³-hybridized carbons (Fsp3) is 0.294. The number of benzene rings is 1. The summed E-state index contributed by atoms with van der Waals surface area (Å²) in [6.45, 7) is 0.928. The lowest BCUT2D eigenvalue weighted by atomic mass is 10.2. The Morgan fingerprint density at radius 1 is 1.17 bits per heavy atom. The second-order valence-corrected chi connectivity index (χ2v) is 5.90. The fourth-order valence-corrected chi connectivity index (χ4v) is 2.89. The summed E-state index contributed by atoms with van der Waals surface area (Å²) in [6, 6.07) is 9.67. The first kappa shape index (κ1) is 14.6. The molecule has 0 radical (unpaired) electrons. The van der Waals surface area contributed by atoms with Gasteiger partial charge in [0.05, 0.1) is 0 Å². The number of hydrogen-bond acceptors (Lipinski definition) is 4. The van der Waals surface area contributed by atoms with Crippen molar-refractivity contribution in [2.75, 3.05) is 5.32 Å². The summed E-state index contributed by atoms with van der Waals surface area (Å²) >= 11 is 0. The average molecular weight is 322 g/mol. The minimum atomic E-state index is -0.257. The number of amides is 1. The maximum absolute atomic E-state index is 12.5. The van der Waals surface area contributed by atoms with Crippen LogP contribution in [0.5, 0.6) is 0 Å². The van der Waals surface area contributed by atoms with E-state index in [-0.39, 0.29) is 5.91 Å². The first-order valence-corrected chi connectivity index (χ1v) is 8.04. The van der Waals surface area contributed by atoms with Crippen LogP contribution in [0.15, 0.2) is 36.5 Å². The topological polar surface area (TPSA) is 77.6 Å². The zero-order chi connectivity index (χ0) is 16.5. The molecule has 0 saturated carbocycles. The van der Waals surface area contributed by atoms with Gasteiger partial charge in [-0.05, 0) is 12.8 Å². The van der Waals surface area contributed by atoms with Crippen molar-refractivity contribution in [1.29, 1.82) is 0 Å². The lowest BCUT2D eigenvalue weighted by Crippen LogP contribution is -2.15. The molecule has 0 spiro atoms. The zero-order valence-electron chi connectivity index (χ0n) is 13.4. The summed E-state index contributed by atoms with van der Waals surface area (Å²) in [6.07, 6.45) is 5.00. The number of hydrogen-bond donors (Lipinski definition) is 1. The summed E-state index contributed by atoms with van der Waals surface area (Å²) < 4.78 is 3.63. The molecule has 1 amide bonds. The van der Waals surface area contributed by atoms with Crippen molar-refractivity contribution in [3.8, 4) is 11.4 Å². The molecule has 3 aromatic rings. The van der Waals surface area contributed by atoms with Gasteiger partial charge in [-0.25, -0.2) is 9.67 Å². The van der Waals surface area contributed by atoms with Gasteiger partial charge in [-0.2, -0.15) is 4.98 Å². The molecular weight excluding hydrogens is 304 g/mol. The summed E-state index contributed by atoms with van der Waals surface area (Å²) in [5, 5.41) is 7.16. The molecule has 1 aliphatic rings. The number of aryl methyl sites for hydroxylation is 3. The van der Waals surface area contributed by atoms with Gasteiger partial charge in [0.2, 0.25) is 5.95 Å². The van der Waals surface area contributed by atoms with Gasteiger partial charge in [-0.3, -0.25) is 10.1 Å². The van der Waals surface area contributed by atoms with E-state index in [4.69, 9.17) is 0 Å². The Morgan fingerprint density at radius 2 is 2.00 bits per heavy atom. The Labute approximate surface area is 139 Å². The van der Waals surface area contributed by atoms with Gasteiger partial charge < -0.3 is 4.57 Å². The van der Waals surface area contributed by atoms with Crippen LogP contribution in [0.2, 0.25) is 0 Å². The van der Waals surface area contributed by atoms with E-state index in [0.717, 1.165) is 37.2 Å². The minimum absolute atomic E-state index is 0.257. The number of rotatable bonds is 3. The number of anilines is 1. The van der Waals surface area contributed by atoms with Crippen LogP contribution in [0.3, 0.4) is 0 Å². The van der Waals surface area contributed by atoms with Crippen molar-refractivity contribution < 1.29 is 4.79 Å². The maximum atomic E-state index is 12.5. The van der Waals surface area contributed by atoms with Gasteiger partial charge in [0.15, 0.2) is 5.82 Å². The van der Waals surface area contributed by atoms with Gasteiger partial charge in [-0.15, -0.1) is 5.10 Å². The summed E-state index contributed by atoms with van der Waals surface area (Å²) in [4.78, 5) is 21.3. The SMILES string of the molecule is Cn1nc(-c2ccccc2)nc1NC(=O)c1cn2c(n1)CCCC2. The molecule has 122 valence electrons. The number of carbonyl (C=O) groups excluding carboxylic acids is 1. The molecule has 3 heterocycles. The molecule has 0 unspecified atom stereocenters. The third kappa shape index (κ3) is 2.68. The molecule has 2 aromatic heterocycles. The highest BCUT2D eigenvalue weighted by molar-refractivity contribution is 6.01. The van der Waals surface area contributed by atoms with E-state index in [2.05, 4.69) is 25.0 Å². The molecule has 0 atom stereocenters. The number of aromatic nitrogens is 5. The predicted octanol–water partition coefficient (Wildman–Crippen LogP) is 2.27. The normalized spacial score (nSPS) is 13.5. The van der Waals surface area contributed by atoms with Crippen molar-refractivity contribution >= 4 is 11.9 Å². The Bertz CT molecular complexity index is 856. The summed E-state index contributed by atoms with van der Waals surface area (Å²) in [5.41, 5.74) is 1.34. The second-order valence-electron chi connectivity index (χ2n) is 5.90. The quantitative estimate of drug-likeness (QED) is 0.802. The lowest BCUT2D eigenvalue weighted by molar-refractivity contribution is 0.102. The molecular formula is C17H18N6O. The van der Waals surface area contributed by atoms with Gasteiger partial charge in [0.1, 0.15) is 11.5 Å². The van der Waals surface area contributed by atoms with Gasteiger partial charge in [0.25, 0.3) is 5.91 Å². The molecule has 1 N–H and O–H groups in total. The van der Waals surface area contributed by atoms with Crippen LogP contribution >= 0.6 is 0 Å². The van der Waals surface area contributed by atoms with Gasteiger partial charge >= 0.3 is 0 Å². The van der Waals surface area contributed by atoms with E-state index in [1.165, 1.54) is 0 Å². The van der Waals surface area contributed by atoms with Crippen molar-refractivity contribution in [3.05, 3.63) is 48.0 Å². The van der Waals surface area contributed by atoms with E-state index in [0.29, 0.717) is 17.5 Å². The Morgan fingerprint density at radius 3 is 2.79 bits per heavy atom. The largest absolute Gasteiger partial charge is 0.334 e. The number of imidazole rings is 1. The average Bonchev–Trinajstić information content (AvgIpc) is 3.20. The second kappa shape index (κ2) is 5.92. The fourth-order valence-electron chi connectivity index (χ4n) is 2.89. The van der Waals surface area contributed by atoms with E-state index in [1.807, 2.05) is 36.5 Å². The smallest absolute Gasteiger partial charge is 0.278 e. The molecule has 0 saturated heterocycles. The van der Waals surface area contributed by atoms with E-state index in [1.54, 1.807) is 11.7 Å². The first-order chi connectivity index (χ1) is 11.7. The van der Waals surface area contributed by atoms with Crippen molar-refractivity contribution in [2.45, 2.75) is 25.8 Å². The Kier molecular flexibility index (Phi) is 3.60. The third-order valence-electron chi connectivity index (χ3n) is 4.16. The number of fused-ring (bicyclic) bond motifs is 1. The highest BCUT2D eigenvalue weighted by Gasteiger charge is 2.19.